The fraction of sp³-hybridized carbons (Fsp3) is 0.118. The molecule has 5 nitrogen and oxygen atoms in total. The molecular weight excluding hydrogens is 314 g/mol. The maximum atomic E-state index is 12.4. The first-order valence-electron chi connectivity index (χ1n) is 6.91. The molecule has 2 aromatic carbocycles. The van der Waals surface area contributed by atoms with Gasteiger partial charge in [0, 0.05) is 5.56 Å². The number of hydrogen-bond acceptors (Lipinski definition) is 5. The van der Waals surface area contributed by atoms with Gasteiger partial charge in [0.2, 0.25) is 0 Å². The highest BCUT2D eigenvalue weighted by atomic mass is 32.1. The monoisotopic (exact) mass is 327 g/mol. The molecule has 116 valence electrons. The summed E-state index contributed by atoms with van der Waals surface area (Å²) in [5, 5.41) is 0. The van der Waals surface area contributed by atoms with Crippen LogP contribution in [0.5, 0.6) is 5.75 Å². The van der Waals surface area contributed by atoms with E-state index in [0.29, 0.717) is 22.4 Å². The summed E-state index contributed by atoms with van der Waals surface area (Å²) in [7, 11) is 0. The molecule has 0 saturated carbocycles. The number of fused-ring (bicyclic) bond motifs is 1. The standard InChI is InChI=1S/C17H13NO4S/c1-10-3-6-13(7-4-10)21-16(20)18-14-8-5-12(11(2)19)9-15(14)22-17(18)23/h3-9H,1-2H3. The Hall–Kier alpha value is -2.73. The van der Waals surface area contributed by atoms with Gasteiger partial charge in [0.25, 0.3) is 4.84 Å². The summed E-state index contributed by atoms with van der Waals surface area (Å²) in [6.07, 6.45) is -0.659. The zero-order valence-electron chi connectivity index (χ0n) is 12.5. The van der Waals surface area contributed by atoms with Crippen LogP contribution in [0.3, 0.4) is 0 Å². The van der Waals surface area contributed by atoms with E-state index in [2.05, 4.69) is 0 Å². The number of carbonyl (C=O) groups excluding carboxylic acids is 2. The van der Waals surface area contributed by atoms with Crippen molar-refractivity contribution in [1.82, 2.24) is 4.57 Å². The van der Waals surface area contributed by atoms with Crippen molar-refractivity contribution in [2.45, 2.75) is 13.8 Å². The lowest BCUT2D eigenvalue weighted by atomic mass is 10.1. The summed E-state index contributed by atoms with van der Waals surface area (Å²) in [6, 6.07) is 11.9. The van der Waals surface area contributed by atoms with Gasteiger partial charge in [-0.05, 0) is 56.4 Å². The molecule has 0 amide bonds. The van der Waals surface area contributed by atoms with E-state index in [9.17, 15) is 9.59 Å². The van der Waals surface area contributed by atoms with Crippen molar-refractivity contribution in [3.8, 4) is 5.75 Å². The Kier molecular flexibility index (Phi) is 3.83. The summed E-state index contributed by atoms with van der Waals surface area (Å²) in [6.45, 7) is 3.40. The van der Waals surface area contributed by atoms with Crippen molar-refractivity contribution in [1.29, 1.82) is 0 Å². The van der Waals surface area contributed by atoms with Crippen LogP contribution in [0.1, 0.15) is 22.8 Å². The van der Waals surface area contributed by atoms with Crippen molar-refractivity contribution in [3.63, 3.8) is 0 Å². The van der Waals surface area contributed by atoms with E-state index < -0.39 is 6.09 Å². The highest BCUT2D eigenvalue weighted by Crippen LogP contribution is 2.21. The number of hydrogen-bond donors (Lipinski definition) is 0. The first-order valence-corrected chi connectivity index (χ1v) is 7.32. The first-order chi connectivity index (χ1) is 11.0. The minimum Gasteiger partial charge on any atom is -0.429 e. The summed E-state index contributed by atoms with van der Waals surface area (Å²) in [5.74, 6) is 0.320. The summed E-state index contributed by atoms with van der Waals surface area (Å²) >= 11 is 5.09. The molecule has 3 aromatic rings. The van der Waals surface area contributed by atoms with Gasteiger partial charge >= 0.3 is 6.09 Å². The van der Waals surface area contributed by atoms with Crippen LogP contribution in [0.2, 0.25) is 0 Å². The van der Waals surface area contributed by atoms with Crippen LogP contribution in [0.15, 0.2) is 46.9 Å². The van der Waals surface area contributed by atoms with Gasteiger partial charge in [0.15, 0.2) is 11.4 Å². The molecule has 0 aliphatic rings. The Bertz CT molecular complexity index is 966. The van der Waals surface area contributed by atoms with Crippen LogP contribution in [-0.2, 0) is 0 Å². The van der Waals surface area contributed by atoms with Gasteiger partial charge in [-0.25, -0.2) is 9.36 Å². The summed E-state index contributed by atoms with van der Waals surface area (Å²) in [5.41, 5.74) is 2.37. The zero-order valence-corrected chi connectivity index (χ0v) is 13.3. The third-order valence-corrected chi connectivity index (χ3v) is 3.66. The molecular formula is C17H13NO4S. The number of ether oxygens (including phenoxy) is 1. The molecule has 0 unspecified atom stereocenters. The normalized spacial score (nSPS) is 10.7. The number of aromatic nitrogens is 1. The maximum absolute atomic E-state index is 12.4. The number of nitrogens with zero attached hydrogens (tertiary/aromatic N) is 1. The molecule has 0 saturated heterocycles. The molecule has 3 rings (SSSR count). The van der Waals surface area contributed by atoms with E-state index in [1.54, 1.807) is 30.3 Å². The fourth-order valence-electron chi connectivity index (χ4n) is 2.16. The molecule has 0 fully saturated rings. The van der Waals surface area contributed by atoms with Gasteiger partial charge < -0.3 is 9.15 Å². The Labute approximate surface area is 137 Å². The number of rotatable bonds is 2. The SMILES string of the molecule is CC(=O)c1ccc2c(c1)oc(=S)n2C(=O)Oc1ccc(C)cc1. The van der Waals surface area contributed by atoms with Crippen LogP contribution in [-0.4, -0.2) is 16.4 Å². The number of benzene rings is 2. The van der Waals surface area contributed by atoms with E-state index in [1.165, 1.54) is 6.92 Å². The van der Waals surface area contributed by atoms with Gasteiger partial charge in [-0.15, -0.1) is 0 Å². The average molecular weight is 327 g/mol. The highest BCUT2D eigenvalue weighted by Gasteiger charge is 2.17. The Balaban J connectivity index is 2.00. The molecule has 1 heterocycles. The van der Waals surface area contributed by atoms with Crippen molar-refractivity contribution in [2.75, 3.05) is 0 Å². The van der Waals surface area contributed by atoms with Gasteiger partial charge in [0.1, 0.15) is 5.75 Å². The molecule has 1 aromatic heterocycles. The summed E-state index contributed by atoms with van der Waals surface area (Å²) < 4.78 is 11.9. The number of ketones is 1. The molecule has 0 radical (unpaired) electrons. The minimum atomic E-state index is -0.659. The lowest BCUT2D eigenvalue weighted by Crippen LogP contribution is -2.16. The molecule has 0 aliphatic heterocycles. The van der Waals surface area contributed by atoms with E-state index in [0.717, 1.165) is 10.1 Å². The Morgan fingerprint density at radius 3 is 2.48 bits per heavy atom. The predicted molar refractivity (Wildman–Crippen MR) is 87.6 cm³/mol. The van der Waals surface area contributed by atoms with Crippen molar-refractivity contribution in [3.05, 3.63) is 58.4 Å². The fourth-order valence-corrected chi connectivity index (χ4v) is 2.43. The van der Waals surface area contributed by atoms with E-state index in [-0.39, 0.29) is 10.6 Å². The lowest BCUT2D eigenvalue weighted by Gasteiger charge is -2.05. The predicted octanol–water partition coefficient (Wildman–Crippen LogP) is 4.52. The van der Waals surface area contributed by atoms with Gasteiger partial charge in [-0.2, -0.15) is 0 Å². The van der Waals surface area contributed by atoms with Gasteiger partial charge in [-0.1, -0.05) is 17.7 Å². The number of aryl methyl sites for hydroxylation is 1. The third kappa shape index (κ3) is 2.93. The highest BCUT2D eigenvalue weighted by molar-refractivity contribution is 7.71. The maximum Gasteiger partial charge on any atom is 0.427 e. The molecule has 23 heavy (non-hydrogen) atoms. The van der Waals surface area contributed by atoms with Crippen molar-refractivity contribution >= 4 is 35.2 Å². The Morgan fingerprint density at radius 1 is 1.13 bits per heavy atom. The Morgan fingerprint density at radius 2 is 1.83 bits per heavy atom. The van der Waals surface area contributed by atoms with E-state index >= 15 is 0 Å². The molecule has 0 aliphatic carbocycles. The number of carbonyl (C=O) groups is 2. The first kappa shape index (κ1) is 15.2. The molecule has 0 N–H and O–H groups in total. The quantitative estimate of drug-likeness (QED) is 0.511. The topological polar surface area (TPSA) is 61.4 Å². The molecule has 6 heteroatoms. The minimum absolute atomic E-state index is 0.0298. The van der Waals surface area contributed by atoms with Crippen molar-refractivity contribution in [2.24, 2.45) is 0 Å². The van der Waals surface area contributed by atoms with Gasteiger partial charge in [-0.3, -0.25) is 4.79 Å². The smallest absolute Gasteiger partial charge is 0.427 e. The van der Waals surface area contributed by atoms with Crippen LogP contribution >= 0.6 is 12.2 Å². The van der Waals surface area contributed by atoms with Crippen LogP contribution in [0, 0.1) is 11.8 Å². The largest absolute Gasteiger partial charge is 0.429 e. The van der Waals surface area contributed by atoms with Crippen LogP contribution in [0.25, 0.3) is 11.1 Å². The van der Waals surface area contributed by atoms with E-state index in [4.69, 9.17) is 21.4 Å². The second kappa shape index (κ2) is 5.81. The molecule has 0 atom stereocenters. The van der Waals surface area contributed by atoms with E-state index in [1.807, 2.05) is 19.1 Å². The van der Waals surface area contributed by atoms with Crippen molar-refractivity contribution < 1.29 is 18.7 Å². The van der Waals surface area contributed by atoms with Crippen LogP contribution in [0.4, 0.5) is 4.79 Å². The molecule has 0 spiro atoms. The zero-order chi connectivity index (χ0) is 16.6. The van der Waals surface area contributed by atoms with Gasteiger partial charge in [0.05, 0.1) is 5.52 Å². The summed E-state index contributed by atoms with van der Waals surface area (Å²) in [4.78, 5) is 23.7. The second-order valence-electron chi connectivity index (χ2n) is 5.12. The van der Waals surface area contributed by atoms with Crippen LogP contribution < -0.4 is 4.74 Å². The number of oxazole rings is 1. The third-order valence-electron chi connectivity index (χ3n) is 3.40. The average Bonchev–Trinajstić information content (AvgIpc) is 2.84. The molecule has 0 bridgehead atoms. The second-order valence-corrected chi connectivity index (χ2v) is 5.47. The lowest BCUT2D eigenvalue weighted by molar-refractivity contribution is 0.101. The number of Topliss-reactive ketones (excluding diaryl/α,β-unsaturated/α-hetero) is 1.